The molecule has 0 aromatic heterocycles. The summed E-state index contributed by atoms with van der Waals surface area (Å²) < 4.78 is 0.897. The minimum atomic E-state index is 0.125. The Balaban J connectivity index is 1.89. The van der Waals surface area contributed by atoms with Crippen LogP contribution in [0.3, 0.4) is 0 Å². The molecular weight excluding hydrogens is 352 g/mol. The van der Waals surface area contributed by atoms with Crippen LogP contribution in [-0.4, -0.2) is 55.4 Å². The number of likely N-dealkylation sites (N-methyl/N-ethyl adjacent to an activating group) is 1. The quantitative estimate of drug-likeness (QED) is 0.735. The predicted octanol–water partition coefficient (Wildman–Crippen LogP) is 3.70. The number of nitrogens with zero attached hydrogens (tertiary/aromatic N) is 2. The van der Waals surface area contributed by atoms with E-state index < -0.39 is 0 Å². The van der Waals surface area contributed by atoms with E-state index >= 15 is 0 Å². The van der Waals surface area contributed by atoms with Crippen molar-refractivity contribution >= 4 is 33.3 Å². The number of carbonyl (C=O) groups is 1. The van der Waals surface area contributed by atoms with E-state index in [1.165, 1.54) is 12.8 Å². The van der Waals surface area contributed by atoms with Crippen LogP contribution < -0.4 is 0 Å². The number of hydrogen-bond acceptors (Lipinski definition) is 3. The van der Waals surface area contributed by atoms with Gasteiger partial charge < -0.3 is 9.80 Å². The number of carbonyl (C=O) groups excluding carboxylic acids is 1. The predicted molar refractivity (Wildman–Crippen MR) is 91.2 cm³/mol. The van der Waals surface area contributed by atoms with Crippen molar-refractivity contribution < 1.29 is 4.79 Å². The largest absolute Gasteiger partial charge is 0.305 e. The molecule has 1 atom stereocenters. The van der Waals surface area contributed by atoms with Crippen molar-refractivity contribution in [1.29, 1.82) is 0 Å². The number of likely N-dealkylation sites (tertiary alicyclic amines) is 1. The van der Waals surface area contributed by atoms with E-state index in [0.29, 0.717) is 23.0 Å². The average Bonchev–Trinajstić information content (AvgIpc) is 2.45. The molecule has 1 unspecified atom stereocenters. The number of rotatable bonds is 5. The number of benzene rings is 1. The third-order valence-electron chi connectivity index (χ3n) is 4.10. The van der Waals surface area contributed by atoms with Gasteiger partial charge in [-0.2, -0.15) is 0 Å². The molecule has 1 aliphatic rings. The zero-order valence-electron chi connectivity index (χ0n) is 12.6. The molecule has 2 rings (SSSR count). The first-order chi connectivity index (χ1) is 9.97. The van der Waals surface area contributed by atoms with E-state index in [9.17, 15) is 4.79 Å². The molecule has 0 radical (unpaired) electrons. The molecule has 0 amide bonds. The Kier molecular flexibility index (Phi) is 6.23. The van der Waals surface area contributed by atoms with Crippen LogP contribution in [0.5, 0.6) is 0 Å². The van der Waals surface area contributed by atoms with Gasteiger partial charge >= 0.3 is 0 Å². The fourth-order valence-electron chi connectivity index (χ4n) is 2.77. The molecule has 0 spiro atoms. The van der Waals surface area contributed by atoms with E-state index in [1.807, 2.05) is 6.07 Å². The lowest BCUT2D eigenvalue weighted by molar-refractivity contribution is 0.0928. The van der Waals surface area contributed by atoms with Gasteiger partial charge in [-0.3, -0.25) is 4.79 Å². The Labute approximate surface area is 140 Å². The zero-order valence-corrected chi connectivity index (χ0v) is 15.0. The Morgan fingerprint density at radius 2 is 2.24 bits per heavy atom. The second kappa shape index (κ2) is 7.73. The number of piperidine rings is 1. The fourth-order valence-corrected chi connectivity index (χ4v) is 3.54. The Morgan fingerprint density at radius 1 is 1.48 bits per heavy atom. The van der Waals surface area contributed by atoms with Gasteiger partial charge in [0.25, 0.3) is 0 Å². The maximum atomic E-state index is 12.3. The van der Waals surface area contributed by atoms with Crippen LogP contribution in [-0.2, 0) is 0 Å². The molecule has 0 N–H and O–H groups in total. The van der Waals surface area contributed by atoms with Gasteiger partial charge in [-0.05, 0) is 51.7 Å². The van der Waals surface area contributed by atoms with Crippen molar-refractivity contribution in [3.8, 4) is 0 Å². The van der Waals surface area contributed by atoms with Crippen molar-refractivity contribution in [3.05, 3.63) is 33.3 Å². The highest BCUT2D eigenvalue weighted by Crippen LogP contribution is 2.23. The number of Topliss-reactive ketones (excluding diaryl/α,β-unsaturated/α-hetero) is 1. The average molecular weight is 374 g/mol. The molecule has 1 aliphatic heterocycles. The van der Waals surface area contributed by atoms with E-state index in [-0.39, 0.29) is 5.78 Å². The van der Waals surface area contributed by atoms with Gasteiger partial charge in [0.1, 0.15) is 0 Å². The molecule has 3 nitrogen and oxygen atoms in total. The Hall–Kier alpha value is -0.420. The maximum absolute atomic E-state index is 12.3. The topological polar surface area (TPSA) is 23.6 Å². The van der Waals surface area contributed by atoms with Crippen LogP contribution in [0.25, 0.3) is 0 Å². The van der Waals surface area contributed by atoms with Crippen molar-refractivity contribution in [2.75, 3.05) is 33.7 Å². The van der Waals surface area contributed by atoms with Crippen LogP contribution in [0, 0.1) is 0 Å². The smallest absolute Gasteiger partial charge is 0.165 e. The fraction of sp³-hybridized carbons (Fsp3) is 0.562. The molecule has 1 aromatic carbocycles. The highest BCUT2D eigenvalue weighted by atomic mass is 79.9. The first-order valence-corrected chi connectivity index (χ1v) is 8.51. The third kappa shape index (κ3) is 4.78. The second-order valence-corrected chi connectivity index (χ2v) is 7.18. The van der Waals surface area contributed by atoms with Crippen molar-refractivity contribution in [1.82, 2.24) is 9.80 Å². The van der Waals surface area contributed by atoms with E-state index in [4.69, 9.17) is 11.6 Å². The molecule has 1 fully saturated rings. The summed E-state index contributed by atoms with van der Waals surface area (Å²) in [6, 6.07) is 6.04. The lowest BCUT2D eigenvalue weighted by Gasteiger charge is -2.36. The molecule has 21 heavy (non-hydrogen) atoms. The van der Waals surface area contributed by atoms with E-state index in [1.54, 1.807) is 12.1 Å². The van der Waals surface area contributed by atoms with Crippen LogP contribution in [0.4, 0.5) is 0 Å². The summed E-state index contributed by atoms with van der Waals surface area (Å²) in [6.45, 7) is 2.95. The first-order valence-electron chi connectivity index (χ1n) is 7.34. The first kappa shape index (κ1) is 16.9. The van der Waals surface area contributed by atoms with Crippen LogP contribution >= 0.6 is 27.5 Å². The number of halogens is 2. The lowest BCUT2D eigenvalue weighted by Crippen LogP contribution is -2.45. The molecule has 5 heteroatoms. The summed E-state index contributed by atoms with van der Waals surface area (Å²) in [6.07, 6.45) is 2.98. The van der Waals surface area contributed by atoms with Crippen LogP contribution in [0.2, 0.25) is 5.02 Å². The van der Waals surface area contributed by atoms with Crippen molar-refractivity contribution in [2.45, 2.75) is 25.3 Å². The molecule has 1 aromatic rings. The van der Waals surface area contributed by atoms with Crippen LogP contribution in [0.1, 0.15) is 29.6 Å². The molecule has 116 valence electrons. The third-order valence-corrected chi connectivity index (χ3v) is 4.90. The van der Waals surface area contributed by atoms with Gasteiger partial charge in [0.2, 0.25) is 0 Å². The molecule has 0 bridgehead atoms. The molecule has 1 saturated heterocycles. The maximum Gasteiger partial charge on any atom is 0.165 e. The summed E-state index contributed by atoms with van der Waals surface area (Å²) in [5.74, 6) is 0.125. The Morgan fingerprint density at radius 3 is 2.90 bits per heavy atom. The van der Waals surface area contributed by atoms with Crippen molar-refractivity contribution in [2.24, 2.45) is 0 Å². The standard InChI is InChI=1S/C16H22BrClN2O/c1-19(2)13-4-3-8-20(11-13)9-7-16(21)14-6-5-12(17)10-15(14)18/h5-6,10,13H,3-4,7-9,11H2,1-2H3. The van der Waals surface area contributed by atoms with Gasteiger partial charge in [-0.25, -0.2) is 0 Å². The summed E-state index contributed by atoms with van der Waals surface area (Å²) in [7, 11) is 4.25. The van der Waals surface area contributed by atoms with Crippen LogP contribution in [0.15, 0.2) is 22.7 Å². The van der Waals surface area contributed by atoms with E-state index in [2.05, 4.69) is 39.8 Å². The minimum absolute atomic E-state index is 0.125. The SMILES string of the molecule is CN(C)C1CCCN(CCC(=O)c2ccc(Br)cc2Cl)C1. The number of hydrogen-bond donors (Lipinski definition) is 0. The van der Waals surface area contributed by atoms with Gasteiger partial charge in [0.05, 0.1) is 5.02 Å². The highest BCUT2D eigenvalue weighted by molar-refractivity contribution is 9.10. The van der Waals surface area contributed by atoms with Gasteiger partial charge in [-0.15, -0.1) is 0 Å². The van der Waals surface area contributed by atoms with Crippen molar-refractivity contribution in [3.63, 3.8) is 0 Å². The van der Waals surface area contributed by atoms with E-state index in [0.717, 1.165) is 24.1 Å². The summed E-state index contributed by atoms with van der Waals surface area (Å²) in [5.41, 5.74) is 0.626. The normalized spacial score (nSPS) is 20.0. The second-order valence-electron chi connectivity index (χ2n) is 5.86. The summed E-state index contributed by atoms with van der Waals surface area (Å²) in [5, 5.41) is 0.527. The highest BCUT2D eigenvalue weighted by Gasteiger charge is 2.22. The minimum Gasteiger partial charge on any atom is -0.305 e. The number of ketones is 1. The summed E-state index contributed by atoms with van der Waals surface area (Å²) >= 11 is 9.50. The zero-order chi connectivity index (χ0) is 15.4. The van der Waals surface area contributed by atoms with Gasteiger partial charge in [0.15, 0.2) is 5.78 Å². The molecule has 0 aliphatic carbocycles. The van der Waals surface area contributed by atoms with Gasteiger partial charge in [0, 0.05) is 35.6 Å². The molecule has 1 heterocycles. The molecule has 0 saturated carbocycles. The monoisotopic (exact) mass is 372 g/mol. The van der Waals surface area contributed by atoms with Gasteiger partial charge in [-0.1, -0.05) is 27.5 Å². The Bertz CT molecular complexity index is 507. The lowest BCUT2D eigenvalue weighted by atomic mass is 10.0. The summed E-state index contributed by atoms with van der Waals surface area (Å²) in [4.78, 5) is 17.0. The molecular formula is C16H22BrClN2O.